The van der Waals surface area contributed by atoms with Crippen molar-refractivity contribution in [2.24, 2.45) is 0 Å². The number of methoxy groups -OCH3 is 1. The third kappa shape index (κ3) is 4.18. The monoisotopic (exact) mass is 469 g/mol. The molecule has 2 aliphatic rings. The van der Waals surface area contributed by atoms with E-state index in [1.807, 2.05) is 13.8 Å². The molecule has 1 aromatic heterocycles. The van der Waals surface area contributed by atoms with Crippen LogP contribution in [0.5, 0.6) is 0 Å². The average Bonchev–Trinajstić information content (AvgIpc) is 3.25. The summed E-state index contributed by atoms with van der Waals surface area (Å²) in [5.41, 5.74) is 1.24. The Morgan fingerprint density at radius 2 is 1.79 bits per heavy atom. The van der Waals surface area contributed by atoms with Crippen molar-refractivity contribution < 1.29 is 23.9 Å². The van der Waals surface area contributed by atoms with Crippen LogP contribution in [0.4, 0.5) is 10.7 Å². The first-order valence-electron chi connectivity index (χ1n) is 10.7. The van der Waals surface area contributed by atoms with Crippen molar-refractivity contribution in [3.63, 3.8) is 0 Å². The van der Waals surface area contributed by atoms with Gasteiger partial charge in [0.2, 0.25) is 11.8 Å². The van der Waals surface area contributed by atoms with Crippen molar-refractivity contribution in [3.05, 3.63) is 45.8 Å². The number of fused-ring (bicyclic) bond motifs is 1. The standard InChI is InChI=1S/C24H27N3O5S/c1-23(2)12-15-18(22(31)32-5)21(33-19(15)24(3,4)26-23)25-20(30)13-7-6-8-14(11-13)27-16(28)9-10-17(27)29/h6-8,11,26H,9-10,12H2,1-5H3,(H,25,30). The number of anilines is 2. The Kier molecular flexibility index (Phi) is 5.66. The number of imide groups is 1. The number of benzene rings is 1. The van der Waals surface area contributed by atoms with Crippen LogP contribution in [0.25, 0.3) is 0 Å². The lowest BCUT2D eigenvalue weighted by Gasteiger charge is -2.42. The third-order valence-electron chi connectivity index (χ3n) is 5.88. The molecule has 3 heterocycles. The van der Waals surface area contributed by atoms with E-state index >= 15 is 0 Å². The molecule has 2 aromatic rings. The Hall–Kier alpha value is -3.04. The third-order valence-corrected chi connectivity index (χ3v) is 7.35. The Bertz CT molecular complexity index is 1160. The first kappa shape index (κ1) is 23.1. The number of thiophene rings is 1. The fourth-order valence-corrected chi connectivity index (χ4v) is 6.02. The van der Waals surface area contributed by atoms with Crippen LogP contribution in [0.3, 0.4) is 0 Å². The zero-order valence-corrected chi connectivity index (χ0v) is 20.1. The van der Waals surface area contributed by atoms with Gasteiger partial charge >= 0.3 is 5.97 Å². The molecular weight excluding hydrogens is 442 g/mol. The van der Waals surface area contributed by atoms with Crippen molar-refractivity contribution >= 4 is 45.7 Å². The first-order valence-corrected chi connectivity index (χ1v) is 11.6. The zero-order chi connectivity index (χ0) is 24.1. The molecule has 1 fully saturated rings. The van der Waals surface area contributed by atoms with Gasteiger partial charge in [-0.15, -0.1) is 11.3 Å². The molecule has 0 atom stereocenters. The van der Waals surface area contributed by atoms with Gasteiger partial charge in [0.05, 0.1) is 18.4 Å². The van der Waals surface area contributed by atoms with Gasteiger partial charge in [-0.3, -0.25) is 19.3 Å². The molecule has 174 valence electrons. The average molecular weight is 470 g/mol. The fourth-order valence-electron chi connectivity index (χ4n) is 4.76. The number of ether oxygens (including phenoxy) is 1. The van der Waals surface area contributed by atoms with Crippen LogP contribution < -0.4 is 15.5 Å². The van der Waals surface area contributed by atoms with Crippen molar-refractivity contribution in [1.82, 2.24) is 5.32 Å². The van der Waals surface area contributed by atoms with E-state index in [9.17, 15) is 19.2 Å². The van der Waals surface area contributed by atoms with E-state index in [0.717, 1.165) is 15.3 Å². The first-order chi connectivity index (χ1) is 15.4. The number of carbonyl (C=O) groups is 4. The van der Waals surface area contributed by atoms with Crippen LogP contribution in [0, 0.1) is 0 Å². The maximum absolute atomic E-state index is 13.1. The minimum Gasteiger partial charge on any atom is -0.465 e. The number of hydrogen-bond acceptors (Lipinski definition) is 7. The van der Waals surface area contributed by atoms with Crippen LogP contribution in [0.1, 0.15) is 71.7 Å². The zero-order valence-electron chi connectivity index (χ0n) is 19.3. The molecule has 33 heavy (non-hydrogen) atoms. The van der Waals surface area contributed by atoms with Crippen molar-refractivity contribution in [1.29, 1.82) is 0 Å². The van der Waals surface area contributed by atoms with Gasteiger partial charge in [-0.1, -0.05) is 6.07 Å². The normalized spacial score (nSPS) is 18.8. The summed E-state index contributed by atoms with van der Waals surface area (Å²) in [5.74, 6) is -1.51. The smallest absolute Gasteiger partial charge is 0.341 e. The van der Waals surface area contributed by atoms with Crippen LogP contribution >= 0.6 is 11.3 Å². The largest absolute Gasteiger partial charge is 0.465 e. The maximum atomic E-state index is 13.1. The van der Waals surface area contributed by atoms with E-state index in [0.29, 0.717) is 22.7 Å². The molecule has 0 aliphatic carbocycles. The summed E-state index contributed by atoms with van der Waals surface area (Å²) in [6.07, 6.45) is 0.939. The highest BCUT2D eigenvalue weighted by molar-refractivity contribution is 7.17. The minimum absolute atomic E-state index is 0.165. The number of nitrogens with one attached hydrogen (secondary N) is 2. The molecule has 9 heteroatoms. The van der Waals surface area contributed by atoms with E-state index in [4.69, 9.17) is 4.74 Å². The molecule has 2 aliphatic heterocycles. The molecule has 8 nitrogen and oxygen atoms in total. The van der Waals surface area contributed by atoms with Gasteiger partial charge < -0.3 is 15.4 Å². The summed E-state index contributed by atoms with van der Waals surface area (Å²) in [6, 6.07) is 6.36. The van der Waals surface area contributed by atoms with Gasteiger partial charge in [0.1, 0.15) is 5.00 Å². The van der Waals surface area contributed by atoms with Gasteiger partial charge in [0.25, 0.3) is 5.91 Å². The SMILES string of the molecule is COC(=O)c1c(NC(=O)c2cccc(N3C(=O)CCC3=O)c2)sc2c1CC(C)(C)NC2(C)C. The number of hydrogen-bond donors (Lipinski definition) is 2. The van der Waals surface area contributed by atoms with Gasteiger partial charge in [-0.05, 0) is 57.9 Å². The Morgan fingerprint density at radius 1 is 1.12 bits per heavy atom. The lowest BCUT2D eigenvalue weighted by molar-refractivity contribution is -0.121. The highest BCUT2D eigenvalue weighted by Crippen LogP contribution is 2.45. The molecule has 0 bridgehead atoms. The second kappa shape index (κ2) is 8.07. The summed E-state index contributed by atoms with van der Waals surface area (Å²) in [4.78, 5) is 52.1. The van der Waals surface area contributed by atoms with E-state index in [1.54, 1.807) is 18.2 Å². The maximum Gasteiger partial charge on any atom is 0.341 e. The number of esters is 1. The summed E-state index contributed by atoms with van der Waals surface area (Å²) in [6.45, 7) is 8.23. The van der Waals surface area contributed by atoms with Crippen LogP contribution in [0.2, 0.25) is 0 Å². The molecule has 0 saturated carbocycles. The van der Waals surface area contributed by atoms with Crippen molar-refractivity contribution in [3.8, 4) is 0 Å². The molecule has 4 rings (SSSR count). The van der Waals surface area contributed by atoms with Crippen LogP contribution in [-0.4, -0.2) is 36.3 Å². The van der Waals surface area contributed by atoms with Gasteiger partial charge in [-0.2, -0.15) is 0 Å². The topological polar surface area (TPSA) is 105 Å². The van der Waals surface area contributed by atoms with Gasteiger partial charge in [0, 0.05) is 34.4 Å². The summed E-state index contributed by atoms with van der Waals surface area (Å²) in [5, 5.41) is 6.88. The molecule has 2 N–H and O–H groups in total. The van der Waals surface area contributed by atoms with E-state index in [2.05, 4.69) is 24.5 Å². The van der Waals surface area contributed by atoms with Crippen molar-refractivity contribution in [2.45, 2.75) is 58.0 Å². The Morgan fingerprint density at radius 3 is 2.42 bits per heavy atom. The number of nitrogens with zero attached hydrogens (tertiary/aromatic N) is 1. The number of amides is 3. The number of rotatable bonds is 4. The predicted octanol–water partition coefficient (Wildman–Crippen LogP) is 3.60. The predicted molar refractivity (Wildman–Crippen MR) is 126 cm³/mol. The fraction of sp³-hybridized carbons (Fsp3) is 0.417. The lowest BCUT2D eigenvalue weighted by atomic mass is 9.81. The quantitative estimate of drug-likeness (QED) is 0.524. The molecule has 1 saturated heterocycles. The van der Waals surface area contributed by atoms with E-state index in [1.165, 1.54) is 24.5 Å². The molecule has 0 spiro atoms. The van der Waals surface area contributed by atoms with E-state index < -0.39 is 17.4 Å². The van der Waals surface area contributed by atoms with Gasteiger partial charge in [-0.25, -0.2) is 4.79 Å². The molecule has 3 amide bonds. The van der Waals surface area contributed by atoms with E-state index in [-0.39, 0.29) is 35.8 Å². The number of carbonyl (C=O) groups excluding carboxylic acids is 4. The second-order valence-corrected chi connectivity index (χ2v) is 10.6. The minimum atomic E-state index is -0.502. The van der Waals surface area contributed by atoms with Crippen LogP contribution in [0.15, 0.2) is 24.3 Å². The summed E-state index contributed by atoms with van der Waals surface area (Å²) >= 11 is 1.35. The molecular formula is C24H27N3O5S. The summed E-state index contributed by atoms with van der Waals surface area (Å²) in [7, 11) is 1.32. The Labute approximate surface area is 196 Å². The highest BCUT2D eigenvalue weighted by atomic mass is 32.1. The van der Waals surface area contributed by atoms with Gasteiger partial charge in [0.15, 0.2) is 0 Å². The highest BCUT2D eigenvalue weighted by Gasteiger charge is 2.42. The lowest BCUT2D eigenvalue weighted by Crippen LogP contribution is -2.55. The van der Waals surface area contributed by atoms with Crippen molar-refractivity contribution in [2.75, 3.05) is 17.3 Å². The second-order valence-electron chi connectivity index (χ2n) is 9.54. The summed E-state index contributed by atoms with van der Waals surface area (Å²) < 4.78 is 5.05. The Balaban J connectivity index is 1.70. The molecule has 0 unspecified atom stereocenters. The molecule has 0 radical (unpaired) electrons. The van der Waals surface area contributed by atoms with Crippen LogP contribution in [-0.2, 0) is 26.3 Å². The molecule has 1 aromatic carbocycles.